The summed E-state index contributed by atoms with van der Waals surface area (Å²) in [6, 6.07) is 11.6. The number of nitrogens with zero attached hydrogens (tertiary/aromatic N) is 5. The number of piperazine rings is 1. The van der Waals surface area contributed by atoms with Gasteiger partial charge in [-0.05, 0) is 37.4 Å². The molecule has 0 spiro atoms. The third-order valence-corrected chi connectivity index (χ3v) is 5.51. The number of halogens is 3. The van der Waals surface area contributed by atoms with Crippen molar-refractivity contribution < 1.29 is 13.2 Å². The predicted octanol–water partition coefficient (Wildman–Crippen LogP) is 5.15. The maximum absolute atomic E-state index is 13.9. The zero-order valence-electron chi connectivity index (χ0n) is 18.6. The molecule has 0 unspecified atom stereocenters. The lowest BCUT2D eigenvalue weighted by Crippen LogP contribution is -2.45. The van der Waals surface area contributed by atoms with E-state index in [4.69, 9.17) is 6.57 Å². The number of anilines is 5. The minimum atomic E-state index is -4.48. The molecule has 2 N–H and O–H groups in total. The molecular weight excluding hydrogens is 443 g/mol. The van der Waals surface area contributed by atoms with Crippen LogP contribution >= 0.6 is 0 Å². The molecule has 0 amide bonds. The van der Waals surface area contributed by atoms with Crippen molar-refractivity contribution in [3.63, 3.8) is 0 Å². The maximum atomic E-state index is 13.9. The first-order valence-corrected chi connectivity index (χ1v) is 10.7. The third-order valence-electron chi connectivity index (χ3n) is 5.51. The number of alkyl halides is 3. The van der Waals surface area contributed by atoms with E-state index in [1.807, 2.05) is 31.3 Å². The molecule has 7 nitrogen and oxygen atoms in total. The molecule has 1 aliphatic rings. The summed E-state index contributed by atoms with van der Waals surface area (Å²) < 4.78 is 41.6. The van der Waals surface area contributed by atoms with E-state index in [0.29, 0.717) is 37.8 Å². The zero-order valence-corrected chi connectivity index (χ0v) is 18.6. The number of nitrogens with one attached hydrogen (secondary N) is 2. The summed E-state index contributed by atoms with van der Waals surface area (Å²) >= 11 is 0. The Morgan fingerprint density at radius 2 is 1.65 bits per heavy atom. The molecular formula is C24H24F3N7. The SMILES string of the molecule is [C-]#[N+]Cc1cccc(Nc2cncc(Nc3ccc(N4CCN(C)CC4)c(C(F)(F)F)c3)n2)c1. The average Bonchev–Trinajstić information content (AvgIpc) is 2.80. The molecule has 2 aromatic carbocycles. The van der Waals surface area contributed by atoms with E-state index >= 15 is 0 Å². The quantitative estimate of drug-likeness (QED) is 0.489. The van der Waals surface area contributed by atoms with Gasteiger partial charge in [0.2, 0.25) is 6.54 Å². The lowest BCUT2D eigenvalue weighted by Gasteiger charge is -2.35. The molecule has 1 fully saturated rings. The Labute approximate surface area is 196 Å². The van der Waals surface area contributed by atoms with Crippen LogP contribution in [0.25, 0.3) is 4.85 Å². The minimum Gasteiger partial charge on any atom is -0.368 e. The van der Waals surface area contributed by atoms with Gasteiger partial charge in [-0.3, -0.25) is 4.98 Å². The van der Waals surface area contributed by atoms with E-state index in [1.54, 1.807) is 11.0 Å². The summed E-state index contributed by atoms with van der Waals surface area (Å²) in [7, 11) is 1.96. The van der Waals surface area contributed by atoms with Crippen LogP contribution in [0.1, 0.15) is 11.1 Å². The molecule has 4 rings (SSSR count). The van der Waals surface area contributed by atoms with Crippen LogP contribution < -0.4 is 15.5 Å². The Kier molecular flexibility index (Phi) is 6.84. The van der Waals surface area contributed by atoms with Crippen molar-refractivity contribution in [2.24, 2.45) is 0 Å². The van der Waals surface area contributed by atoms with E-state index in [0.717, 1.165) is 17.3 Å². The fourth-order valence-corrected chi connectivity index (χ4v) is 3.78. The second-order valence-electron chi connectivity index (χ2n) is 8.08. The van der Waals surface area contributed by atoms with Gasteiger partial charge in [0.25, 0.3) is 0 Å². The van der Waals surface area contributed by atoms with Gasteiger partial charge < -0.3 is 25.3 Å². The van der Waals surface area contributed by atoms with E-state index in [2.05, 4.69) is 30.3 Å². The van der Waals surface area contributed by atoms with E-state index in [9.17, 15) is 13.2 Å². The summed E-state index contributed by atoms with van der Waals surface area (Å²) in [6.45, 7) is 9.79. The van der Waals surface area contributed by atoms with Crippen LogP contribution in [0.5, 0.6) is 0 Å². The second-order valence-corrected chi connectivity index (χ2v) is 8.08. The molecule has 1 aromatic heterocycles. The highest BCUT2D eigenvalue weighted by atomic mass is 19.4. The molecule has 0 saturated carbocycles. The van der Waals surface area contributed by atoms with Crippen LogP contribution in [0.3, 0.4) is 0 Å². The largest absolute Gasteiger partial charge is 0.418 e. The Morgan fingerprint density at radius 1 is 0.971 bits per heavy atom. The fraction of sp³-hybridized carbons (Fsp3) is 0.292. The lowest BCUT2D eigenvalue weighted by molar-refractivity contribution is -0.137. The van der Waals surface area contributed by atoms with E-state index in [1.165, 1.54) is 18.5 Å². The van der Waals surface area contributed by atoms with Crippen molar-refractivity contribution in [2.45, 2.75) is 12.7 Å². The van der Waals surface area contributed by atoms with Crippen molar-refractivity contribution in [1.29, 1.82) is 0 Å². The van der Waals surface area contributed by atoms with Crippen LogP contribution in [-0.2, 0) is 12.7 Å². The first-order valence-electron chi connectivity index (χ1n) is 10.7. The summed E-state index contributed by atoms with van der Waals surface area (Å²) in [5.41, 5.74) is 1.38. The average molecular weight is 467 g/mol. The topological polar surface area (TPSA) is 60.7 Å². The van der Waals surface area contributed by atoms with Crippen LogP contribution in [-0.4, -0.2) is 48.1 Å². The van der Waals surface area contributed by atoms with Gasteiger partial charge in [0.15, 0.2) is 11.6 Å². The molecule has 2 heterocycles. The molecule has 34 heavy (non-hydrogen) atoms. The van der Waals surface area contributed by atoms with Crippen LogP contribution in [0, 0.1) is 6.57 Å². The van der Waals surface area contributed by atoms with Crippen LogP contribution in [0.2, 0.25) is 0 Å². The molecule has 0 radical (unpaired) electrons. The molecule has 176 valence electrons. The molecule has 0 atom stereocenters. The van der Waals surface area contributed by atoms with Gasteiger partial charge in [0.1, 0.15) is 0 Å². The third kappa shape index (κ3) is 5.74. The van der Waals surface area contributed by atoms with Crippen LogP contribution in [0.4, 0.5) is 41.9 Å². The maximum Gasteiger partial charge on any atom is 0.418 e. The number of aromatic nitrogens is 2. The second kappa shape index (κ2) is 9.97. The molecule has 1 aliphatic heterocycles. The molecule has 0 bridgehead atoms. The van der Waals surface area contributed by atoms with Crippen molar-refractivity contribution in [1.82, 2.24) is 14.9 Å². The van der Waals surface area contributed by atoms with E-state index in [-0.39, 0.29) is 17.9 Å². The van der Waals surface area contributed by atoms with Gasteiger partial charge in [-0.15, -0.1) is 0 Å². The van der Waals surface area contributed by atoms with Gasteiger partial charge >= 0.3 is 6.18 Å². The molecule has 0 aliphatic carbocycles. The van der Waals surface area contributed by atoms with Gasteiger partial charge in [0, 0.05) is 48.8 Å². The lowest BCUT2D eigenvalue weighted by atomic mass is 10.1. The summed E-state index contributed by atoms with van der Waals surface area (Å²) in [6.07, 6.45) is -1.52. The van der Waals surface area contributed by atoms with Gasteiger partial charge in [-0.25, -0.2) is 11.6 Å². The fourth-order valence-electron chi connectivity index (χ4n) is 3.78. The van der Waals surface area contributed by atoms with Crippen molar-refractivity contribution in [2.75, 3.05) is 48.8 Å². The summed E-state index contributed by atoms with van der Waals surface area (Å²) in [4.78, 5) is 15.8. The van der Waals surface area contributed by atoms with E-state index < -0.39 is 11.7 Å². The molecule has 10 heteroatoms. The Hall–Kier alpha value is -3.84. The highest BCUT2D eigenvalue weighted by Gasteiger charge is 2.35. The Morgan fingerprint density at radius 3 is 2.29 bits per heavy atom. The molecule has 3 aromatic rings. The number of hydrogen-bond acceptors (Lipinski definition) is 6. The standard InChI is InChI=1S/C24H24F3N7/c1-28-14-17-4-3-5-18(12-17)30-22-15-29-16-23(32-22)31-19-6-7-21(20(13-19)24(25,26)27)34-10-8-33(2)9-11-34/h3-7,12-13,15-16H,8-11,14H2,2H3,(H2,30,31,32). The normalized spacial score (nSPS) is 14.5. The zero-order chi connectivity index (χ0) is 24.1. The summed E-state index contributed by atoms with van der Waals surface area (Å²) in [5.74, 6) is 0.734. The van der Waals surface area contributed by atoms with Gasteiger partial charge in [-0.2, -0.15) is 13.2 Å². The molecule has 1 saturated heterocycles. The first kappa shape index (κ1) is 23.3. The number of likely N-dealkylation sites (N-methyl/N-ethyl adjacent to an activating group) is 1. The Bertz CT molecular complexity index is 1180. The number of rotatable bonds is 6. The highest BCUT2D eigenvalue weighted by molar-refractivity contribution is 5.66. The first-order chi connectivity index (χ1) is 16.3. The number of hydrogen-bond donors (Lipinski definition) is 2. The minimum absolute atomic E-state index is 0.187. The van der Waals surface area contributed by atoms with Crippen molar-refractivity contribution in [3.8, 4) is 0 Å². The smallest absolute Gasteiger partial charge is 0.368 e. The monoisotopic (exact) mass is 467 g/mol. The summed E-state index contributed by atoms with van der Waals surface area (Å²) in [5, 5.41) is 6.04. The Balaban J connectivity index is 1.53. The highest BCUT2D eigenvalue weighted by Crippen LogP contribution is 2.39. The van der Waals surface area contributed by atoms with Crippen molar-refractivity contribution in [3.05, 3.63) is 77.4 Å². The van der Waals surface area contributed by atoms with Crippen LogP contribution in [0.15, 0.2) is 54.9 Å². The van der Waals surface area contributed by atoms with Gasteiger partial charge in [-0.1, -0.05) is 12.1 Å². The predicted molar refractivity (Wildman–Crippen MR) is 126 cm³/mol. The van der Waals surface area contributed by atoms with Gasteiger partial charge in [0.05, 0.1) is 18.0 Å². The number of benzene rings is 2. The van der Waals surface area contributed by atoms with Crippen molar-refractivity contribution >= 4 is 28.7 Å².